The van der Waals surface area contributed by atoms with Crippen LogP contribution < -0.4 is 5.32 Å². The van der Waals surface area contributed by atoms with E-state index in [4.69, 9.17) is 0 Å². The molecule has 0 amide bonds. The molecule has 106 valence electrons. The molecule has 20 heavy (non-hydrogen) atoms. The van der Waals surface area contributed by atoms with Crippen molar-refractivity contribution in [3.8, 4) is 0 Å². The summed E-state index contributed by atoms with van der Waals surface area (Å²) >= 11 is 5.90. The van der Waals surface area contributed by atoms with Gasteiger partial charge in [0.05, 0.1) is 0 Å². The minimum absolute atomic E-state index is 0.376. The minimum Gasteiger partial charge on any atom is -0.310 e. The molecule has 0 radical (unpaired) electrons. The molecule has 0 aliphatic heterocycles. The molecular weight excluding hydrogens is 425 g/mol. The topological polar surface area (TPSA) is 12.0 Å². The fourth-order valence-corrected chi connectivity index (χ4v) is 3.03. The third-order valence-corrected chi connectivity index (χ3v) is 4.45. The van der Waals surface area contributed by atoms with Gasteiger partial charge in [-0.2, -0.15) is 0 Å². The van der Waals surface area contributed by atoms with Crippen LogP contribution in [0.3, 0.4) is 0 Å². The van der Waals surface area contributed by atoms with E-state index in [1.807, 2.05) is 0 Å². The molecule has 2 rings (SSSR count). The van der Waals surface area contributed by atoms with Crippen LogP contribution in [0.5, 0.6) is 0 Å². The second-order valence-electron chi connectivity index (χ2n) is 4.89. The molecule has 1 atom stereocenters. The number of rotatable bonds is 6. The quantitative estimate of drug-likeness (QED) is 0.594. The Hall–Kier alpha value is -0.390. The molecular formula is C17H19BrIN. The molecule has 2 aromatic carbocycles. The average molecular weight is 444 g/mol. The molecule has 0 aliphatic rings. The van der Waals surface area contributed by atoms with Crippen LogP contribution in [0.25, 0.3) is 0 Å². The second-order valence-corrected chi connectivity index (χ2v) is 7.05. The van der Waals surface area contributed by atoms with Gasteiger partial charge in [0, 0.05) is 14.1 Å². The average Bonchev–Trinajstić information content (AvgIpc) is 2.44. The van der Waals surface area contributed by atoms with Gasteiger partial charge in [0.1, 0.15) is 0 Å². The molecule has 0 aromatic heterocycles. The lowest BCUT2D eigenvalue weighted by Crippen LogP contribution is -2.24. The molecule has 0 heterocycles. The van der Waals surface area contributed by atoms with Crippen LogP contribution in [0.15, 0.2) is 53.0 Å². The van der Waals surface area contributed by atoms with Crippen molar-refractivity contribution < 1.29 is 0 Å². The number of hydrogen-bond acceptors (Lipinski definition) is 1. The Balaban J connectivity index is 2.16. The van der Waals surface area contributed by atoms with Gasteiger partial charge in [-0.1, -0.05) is 47.1 Å². The van der Waals surface area contributed by atoms with E-state index in [1.54, 1.807) is 0 Å². The Morgan fingerprint density at radius 3 is 2.55 bits per heavy atom. The van der Waals surface area contributed by atoms with Gasteiger partial charge in [-0.05, 0) is 77.4 Å². The lowest BCUT2D eigenvalue weighted by Gasteiger charge is -2.19. The zero-order chi connectivity index (χ0) is 14.4. The van der Waals surface area contributed by atoms with Gasteiger partial charge in [-0.3, -0.25) is 0 Å². The highest BCUT2D eigenvalue weighted by Gasteiger charge is 2.11. The van der Waals surface area contributed by atoms with Gasteiger partial charge < -0.3 is 5.32 Å². The van der Waals surface area contributed by atoms with Gasteiger partial charge >= 0.3 is 0 Å². The number of halogens is 2. The highest BCUT2D eigenvalue weighted by atomic mass is 127. The highest BCUT2D eigenvalue weighted by molar-refractivity contribution is 14.1. The smallest absolute Gasteiger partial charge is 0.0360 e. The maximum Gasteiger partial charge on any atom is 0.0360 e. The zero-order valence-electron chi connectivity index (χ0n) is 11.6. The molecule has 0 spiro atoms. The Morgan fingerprint density at radius 1 is 1.15 bits per heavy atom. The molecule has 0 aliphatic carbocycles. The predicted molar refractivity (Wildman–Crippen MR) is 98.0 cm³/mol. The predicted octanol–water partition coefficient (Wildman–Crippen LogP) is 5.34. The summed E-state index contributed by atoms with van der Waals surface area (Å²) in [6.07, 6.45) is 2.17. The first-order valence-electron chi connectivity index (χ1n) is 6.92. The molecule has 1 unspecified atom stereocenters. The minimum atomic E-state index is 0.376. The van der Waals surface area contributed by atoms with E-state index in [-0.39, 0.29) is 0 Å². The van der Waals surface area contributed by atoms with Crippen LogP contribution in [-0.2, 0) is 6.42 Å². The van der Waals surface area contributed by atoms with Gasteiger partial charge in [0.15, 0.2) is 0 Å². The van der Waals surface area contributed by atoms with E-state index in [2.05, 4.69) is 99.3 Å². The van der Waals surface area contributed by atoms with E-state index < -0.39 is 0 Å². The summed E-state index contributed by atoms with van der Waals surface area (Å²) in [7, 11) is 0. The molecule has 0 fully saturated rings. The van der Waals surface area contributed by atoms with Crippen LogP contribution in [0.1, 0.15) is 30.5 Å². The Kier molecular flexibility index (Phi) is 6.52. The molecule has 0 saturated heterocycles. The fourth-order valence-electron chi connectivity index (χ4n) is 2.22. The van der Waals surface area contributed by atoms with Crippen LogP contribution in [0, 0.1) is 3.57 Å². The molecule has 3 heteroatoms. The van der Waals surface area contributed by atoms with Crippen LogP contribution in [0.4, 0.5) is 0 Å². The Labute approximate surface area is 143 Å². The maximum absolute atomic E-state index is 3.66. The van der Waals surface area contributed by atoms with E-state index in [0.29, 0.717) is 6.04 Å². The van der Waals surface area contributed by atoms with Crippen molar-refractivity contribution in [2.45, 2.75) is 25.8 Å². The summed E-state index contributed by atoms with van der Waals surface area (Å²) in [5.74, 6) is 0. The summed E-state index contributed by atoms with van der Waals surface area (Å²) < 4.78 is 2.43. The first-order valence-corrected chi connectivity index (χ1v) is 8.79. The zero-order valence-corrected chi connectivity index (χ0v) is 15.3. The lowest BCUT2D eigenvalue weighted by atomic mass is 9.99. The SMILES string of the molecule is CCCNC(Cc1cccc(Br)c1)c1ccc(I)cc1. The van der Waals surface area contributed by atoms with Gasteiger partial charge in [-0.25, -0.2) is 0 Å². The van der Waals surface area contributed by atoms with Crippen molar-refractivity contribution in [2.75, 3.05) is 6.54 Å². The van der Waals surface area contributed by atoms with Crippen LogP contribution in [0.2, 0.25) is 0 Å². The highest BCUT2D eigenvalue weighted by Crippen LogP contribution is 2.21. The van der Waals surface area contributed by atoms with Gasteiger partial charge in [0.25, 0.3) is 0 Å². The van der Waals surface area contributed by atoms with E-state index >= 15 is 0 Å². The molecule has 1 N–H and O–H groups in total. The number of nitrogens with one attached hydrogen (secondary N) is 1. The van der Waals surface area contributed by atoms with Crippen molar-refractivity contribution in [2.24, 2.45) is 0 Å². The fraction of sp³-hybridized carbons (Fsp3) is 0.294. The maximum atomic E-state index is 3.66. The Morgan fingerprint density at radius 2 is 1.90 bits per heavy atom. The van der Waals surface area contributed by atoms with Crippen molar-refractivity contribution in [1.82, 2.24) is 5.32 Å². The largest absolute Gasteiger partial charge is 0.310 e. The van der Waals surface area contributed by atoms with Crippen LogP contribution in [-0.4, -0.2) is 6.54 Å². The van der Waals surface area contributed by atoms with E-state index in [9.17, 15) is 0 Å². The van der Waals surface area contributed by atoms with Gasteiger partial charge in [-0.15, -0.1) is 0 Å². The third-order valence-electron chi connectivity index (χ3n) is 3.24. The first-order chi connectivity index (χ1) is 9.69. The van der Waals surface area contributed by atoms with Crippen molar-refractivity contribution in [3.05, 3.63) is 67.7 Å². The van der Waals surface area contributed by atoms with Crippen LogP contribution >= 0.6 is 38.5 Å². The summed E-state index contributed by atoms with van der Waals surface area (Å²) in [5, 5.41) is 3.66. The lowest BCUT2D eigenvalue weighted by molar-refractivity contribution is 0.529. The number of hydrogen-bond donors (Lipinski definition) is 1. The molecule has 2 aromatic rings. The Bertz CT molecular complexity index is 539. The second kappa shape index (κ2) is 8.15. The summed E-state index contributed by atoms with van der Waals surface area (Å²) in [4.78, 5) is 0. The van der Waals surface area contributed by atoms with Crippen molar-refractivity contribution in [1.29, 1.82) is 0 Å². The standard InChI is InChI=1S/C17H19BrIN/c1-2-10-20-17(14-6-8-16(19)9-7-14)12-13-4-3-5-15(18)11-13/h3-9,11,17,20H,2,10,12H2,1H3. The third kappa shape index (κ3) is 4.86. The van der Waals surface area contributed by atoms with Crippen molar-refractivity contribution in [3.63, 3.8) is 0 Å². The molecule has 0 bridgehead atoms. The van der Waals surface area contributed by atoms with Crippen molar-refractivity contribution >= 4 is 38.5 Å². The molecule has 0 saturated carbocycles. The number of benzene rings is 2. The summed E-state index contributed by atoms with van der Waals surface area (Å²) in [6.45, 7) is 3.25. The normalized spacial score (nSPS) is 12.3. The van der Waals surface area contributed by atoms with E-state index in [1.165, 1.54) is 14.7 Å². The monoisotopic (exact) mass is 443 g/mol. The molecule has 1 nitrogen and oxygen atoms in total. The first kappa shape index (κ1) is 16.0. The van der Waals surface area contributed by atoms with E-state index in [0.717, 1.165) is 23.9 Å². The summed E-state index contributed by atoms with van der Waals surface area (Å²) in [5.41, 5.74) is 2.71. The summed E-state index contributed by atoms with van der Waals surface area (Å²) in [6, 6.07) is 17.8. The van der Waals surface area contributed by atoms with Gasteiger partial charge in [0.2, 0.25) is 0 Å².